The Morgan fingerprint density at radius 1 is 1.33 bits per heavy atom. The molecule has 24 heavy (non-hydrogen) atoms. The van der Waals surface area contributed by atoms with Crippen LogP contribution in [0.5, 0.6) is 0 Å². The fourth-order valence-electron chi connectivity index (χ4n) is 2.94. The lowest BCUT2D eigenvalue weighted by molar-refractivity contribution is 0.797. The van der Waals surface area contributed by atoms with Crippen LogP contribution < -0.4 is 5.56 Å². The van der Waals surface area contributed by atoms with Gasteiger partial charge in [0.15, 0.2) is 5.65 Å². The summed E-state index contributed by atoms with van der Waals surface area (Å²) < 4.78 is 1.33. The molecular formula is C17H14N6O. The highest BCUT2D eigenvalue weighted by Crippen LogP contribution is 2.28. The number of nitrogens with zero attached hydrogens (tertiary/aromatic N) is 4. The molecule has 7 heteroatoms. The van der Waals surface area contributed by atoms with Crippen LogP contribution in [0.15, 0.2) is 35.4 Å². The van der Waals surface area contributed by atoms with Gasteiger partial charge < -0.3 is 0 Å². The molecule has 3 aromatic heterocycles. The van der Waals surface area contributed by atoms with E-state index in [4.69, 9.17) is 0 Å². The van der Waals surface area contributed by atoms with Crippen LogP contribution in [-0.4, -0.2) is 24.8 Å². The largest absolute Gasteiger partial charge is 0.295 e. The van der Waals surface area contributed by atoms with Gasteiger partial charge in [0.05, 0.1) is 17.4 Å². The Labute approximate surface area is 136 Å². The Balaban J connectivity index is 2.10. The fraction of sp³-hybridized carbons (Fsp3) is 0.176. The molecule has 0 saturated carbocycles. The maximum Gasteiger partial charge on any atom is 0.276 e. The molecule has 118 valence electrons. The molecule has 4 rings (SSSR count). The third-order valence-electron chi connectivity index (χ3n) is 4.11. The third kappa shape index (κ3) is 1.93. The maximum absolute atomic E-state index is 12.9. The van der Waals surface area contributed by atoms with E-state index in [1.807, 2.05) is 32.0 Å². The van der Waals surface area contributed by atoms with Gasteiger partial charge >= 0.3 is 0 Å². The molecule has 0 saturated heterocycles. The van der Waals surface area contributed by atoms with Gasteiger partial charge in [-0.3, -0.25) is 15.0 Å². The van der Waals surface area contributed by atoms with Gasteiger partial charge in [0.1, 0.15) is 11.6 Å². The summed E-state index contributed by atoms with van der Waals surface area (Å²) in [6.45, 7) is 3.91. The van der Waals surface area contributed by atoms with Crippen LogP contribution in [0.4, 0.5) is 0 Å². The minimum atomic E-state index is -0.182. The SMILES string of the molecule is CC(C)c1c(-c2ccc3[nH]ncc3c2)nc2c(C#N)c[nH]n2c1=O. The quantitative estimate of drug-likeness (QED) is 0.593. The van der Waals surface area contributed by atoms with E-state index in [1.54, 1.807) is 6.20 Å². The van der Waals surface area contributed by atoms with E-state index in [9.17, 15) is 10.1 Å². The van der Waals surface area contributed by atoms with Gasteiger partial charge in [-0.15, -0.1) is 0 Å². The summed E-state index contributed by atoms with van der Waals surface area (Å²) in [5.41, 5.74) is 3.47. The highest BCUT2D eigenvalue weighted by atomic mass is 16.1. The normalized spacial score (nSPS) is 11.4. The van der Waals surface area contributed by atoms with Gasteiger partial charge in [-0.25, -0.2) is 9.50 Å². The zero-order chi connectivity index (χ0) is 16.8. The molecule has 1 aromatic carbocycles. The zero-order valence-electron chi connectivity index (χ0n) is 13.2. The summed E-state index contributed by atoms with van der Waals surface area (Å²) in [4.78, 5) is 17.5. The maximum atomic E-state index is 12.9. The molecule has 0 unspecified atom stereocenters. The second-order valence-corrected chi connectivity index (χ2v) is 5.96. The van der Waals surface area contributed by atoms with Gasteiger partial charge in [0.25, 0.3) is 5.56 Å². The van der Waals surface area contributed by atoms with E-state index >= 15 is 0 Å². The Bertz CT molecular complexity index is 1170. The van der Waals surface area contributed by atoms with Crippen LogP contribution >= 0.6 is 0 Å². The van der Waals surface area contributed by atoms with Gasteiger partial charge in [0.2, 0.25) is 0 Å². The molecule has 0 aliphatic rings. The topological polar surface area (TPSA) is 103 Å². The Hall–Kier alpha value is -3.40. The Morgan fingerprint density at radius 3 is 2.92 bits per heavy atom. The summed E-state index contributed by atoms with van der Waals surface area (Å²) in [5.74, 6) is -0.00853. The van der Waals surface area contributed by atoms with Crippen molar-refractivity contribution in [2.75, 3.05) is 0 Å². The van der Waals surface area contributed by atoms with Crippen LogP contribution in [0.25, 0.3) is 27.8 Å². The molecule has 0 atom stereocenters. The minimum absolute atomic E-state index is 0.00853. The second-order valence-electron chi connectivity index (χ2n) is 5.96. The first kappa shape index (κ1) is 14.2. The van der Waals surface area contributed by atoms with E-state index in [0.717, 1.165) is 16.5 Å². The molecule has 7 nitrogen and oxygen atoms in total. The van der Waals surface area contributed by atoms with E-state index in [2.05, 4.69) is 26.3 Å². The van der Waals surface area contributed by atoms with E-state index in [1.165, 1.54) is 10.7 Å². The molecule has 0 radical (unpaired) electrons. The van der Waals surface area contributed by atoms with Crippen molar-refractivity contribution in [3.05, 3.63) is 52.1 Å². The Kier molecular flexibility index (Phi) is 3.00. The van der Waals surface area contributed by atoms with Gasteiger partial charge in [-0.1, -0.05) is 19.9 Å². The molecule has 0 amide bonds. The van der Waals surface area contributed by atoms with Crippen LogP contribution in [0.2, 0.25) is 0 Å². The number of nitriles is 1. The van der Waals surface area contributed by atoms with Crippen molar-refractivity contribution in [3.8, 4) is 17.3 Å². The van der Waals surface area contributed by atoms with E-state index < -0.39 is 0 Å². The number of hydrogen-bond donors (Lipinski definition) is 2. The first-order chi connectivity index (χ1) is 11.6. The summed E-state index contributed by atoms with van der Waals surface area (Å²) in [5, 5.41) is 19.9. The minimum Gasteiger partial charge on any atom is -0.295 e. The number of H-pyrrole nitrogens is 2. The third-order valence-corrected chi connectivity index (χ3v) is 4.11. The highest BCUT2D eigenvalue weighted by Gasteiger charge is 2.20. The van der Waals surface area contributed by atoms with Crippen molar-refractivity contribution in [3.63, 3.8) is 0 Å². The highest BCUT2D eigenvalue weighted by molar-refractivity contribution is 5.84. The smallest absolute Gasteiger partial charge is 0.276 e. The standard InChI is InChI=1S/C17H14N6O/c1-9(2)14-15(10-3-4-13-11(5-10)7-19-22-13)21-16-12(6-18)8-20-23(16)17(14)24/h3-5,7-9,20H,1-2H3,(H,19,22). The first-order valence-electron chi connectivity index (χ1n) is 7.58. The number of aromatic amines is 2. The van der Waals surface area contributed by atoms with Crippen molar-refractivity contribution in [1.29, 1.82) is 5.26 Å². The lowest BCUT2D eigenvalue weighted by Gasteiger charge is -2.12. The molecule has 0 bridgehead atoms. The average Bonchev–Trinajstić information content (AvgIpc) is 3.19. The van der Waals surface area contributed by atoms with Crippen molar-refractivity contribution in [2.45, 2.75) is 19.8 Å². The molecule has 2 N–H and O–H groups in total. The molecule has 0 fully saturated rings. The van der Waals surface area contributed by atoms with Gasteiger partial charge in [-0.2, -0.15) is 10.4 Å². The zero-order valence-corrected chi connectivity index (χ0v) is 13.2. The number of rotatable bonds is 2. The number of nitrogens with one attached hydrogen (secondary N) is 2. The molecular weight excluding hydrogens is 304 g/mol. The van der Waals surface area contributed by atoms with Crippen molar-refractivity contribution in [1.82, 2.24) is 24.8 Å². The molecule has 0 aliphatic carbocycles. The summed E-state index contributed by atoms with van der Waals surface area (Å²) in [6.07, 6.45) is 3.23. The molecule has 4 aromatic rings. The van der Waals surface area contributed by atoms with Crippen molar-refractivity contribution in [2.24, 2.45) is 0 Å². The number of aromatic nitrogens is 5. The monoisotopic (exact) mass is 318 g/mol. The van der Waals surface area contributed by atoms with Crippen molar-refractivity contribution < 1.29 is 0 Å². The number of hydrogen-bond acceptors (Lipinski definition) is 4. The van der Waals surface area contributed by atoms with E-state index in [-0.39, 0.29) is 11.5 Å². The van der Waals surface area contributed by atoms with Gasteiger partial charge in [-0.05, 0) is 18.1 Å². The number of benzene rings is 1. The average molecular weight is 318 g/mol. The van der Waals surface area contributed by atoms with Crippen molar-refractivity contribution >= 4 is 16.6 Å². The van der Waals surface area contributed by atoms with Crippen LogP contribution in [-0.2, 0) is 0 Å². The first-order valence-corrected chi connectivity index (χ1v) is 7.58. The Morgan fingerprint density at radius 2 is 2.17 bits per heavy atom. The summed E-state index contributed by atoms with van der Waals surface area (Å²) in [7, 11) is 0. The lowest BCUT2D eigenvalue weighted by Crippen LogP contribution is -2.22. The number of fused-ring (bicyclic) bond motifs is 2. The second kappa shape index (κ2) is 5.06. The predicted molar refractivity (Wildman–Crippen MR) is 89.7 cm³/mol. The molecule has 0 aliphatic heterocycles. The van der Waals surface area contributed by atoms with Crippen LogP contribution in [0.3, 0.4) is 0 Å². The van der Waals surface area contributed by atoms with Gasteiger partial charge in [0, 0.05) is 22.7 Å². The predicted octanol–water partition coefficient (Wildman–Crippen LogP) is 2.56. The van der Waals surface area contributed by atoms with Crippen LogP contribution in [0.1, 0.15) is 30.9 Å². The summed E-state index contributed by atoms with van der Waals surface area (Å²) >= 11 is 0. The van der Waals surface area contributed by atoms with E-state index in [0.29, 0.717) is 22.5 Å². The lowest BCUT2D eigenvalue weighted by atomic mass is 9.97. The molecule has 3 heterocycles. The molecule has 0 spiro atoms. The van der Waals surface area contributed by atoms with Crippen LogP contribution in [0, 0.1) is 11.3 Å². The fourth-order valence-corrected chi connectivity index (χ4v) is 2.94. The summed E-state index contributed by atoms with van der Waals surface area (Å²) in [6, 6.07) is 7.82.